The highest BCUT2D eigenvalue weighted by atomic mass is 16.2. The second-order valence-electron chi connectivity index (χ2n) is 5.72. The van der Waals surface area contributed by atoms with Crippen LogP contribution in [0.15, 0.2) is 30.6 Å². The number of nitrogens with one attached hydrogen (secondary N) is 1. The number of primary amides is 1. The van der Waals surface area contributed by atoms with Gasteiger partial charge in [0.1, 0.15) is 6.33 Å². The Balaban J connectivity index is 1.67. The Hall–Kier alpha value is -3.29. The van der Waals surface area contributed by atoms with E-state index in [1.807, 2.05) is 13.8 Å². The average Bonchev–Trinajstić information content (AvgIpc) is 3.03. The van der Waals surface area contributed by atoms with Crippen LogP contribution >= 0.6 is 0 Å². The number of hydrogen-bond donors (Lipinski definition) is 2. The van der Waals surface area contributed by atoms with E-state index in [2.05, 4.69) is 20.4 Å². The van der Waals surface area contributed by atoms with Gasteiger partial charge >= 0.3 is 0 Å². The monoisotopic (exact) mass is 338 g/mol. The van der Waals surface area contributed by atoms with Crippen LogP contribution in [-0.4, -0.2) is 31.4 Å². The number of aromatic nitrogens is 4. The minimum absolute atomic E-state index is 0.121. The summed E-state index contributed by atoms with van der Waals surface area (Å²) >= 11 is 0. The van der Waals surface area contributed by atoms with Crippen LogP contribution in [0.25, 0.3) is 5.78 Å². The molecule has 0 saturated heterocycles. The van der Waals surface area contributed by atoms with Crippen LogP contribution in [-0.2, 0) is 11.2 Å². The highest BCUT2D eigenvalue weighted by Crippen LogP contribution is 2.16. The van der Waals surface area contributed by atoms with E-state index < -0.39 is 5.91 Å². The van der Waals surface area contributed by atoms with Gasteiger partial charge in [-0.2, -0.15) is 10.1 Å². The number of carbonyl (C=O) groups is 2. The fourth-order valence-corrected chi connectivity index (χ4v) is 2.70. The van der Waals surface area contributed by atoms with Crippen LogP contribution in [0, 0.1) is 13.8 Å². The minimum atomic E-state index is -0.500. The van der Waals surface area contributed by atoms with Crippen molar-refractivity contribution in [1.82, 2.24) is 19.6 Å². The summed E-state index contributed by atoms with van der Waals surface area (Å²) in [6, 6.07) is 6.46. The number of rotatable bonds is 5. The number of fused-ring (bicyclic) bond motifs is 1. The van der Waals surface area contributed by atoms with Crippen molar-refractivity contribution in [1.29, 1.82) is 0 Å². The summed E-state index contributed by atoms with van der Waals surface area (Å²) < 4.78 is 1.67. The van der Waals surface area contributed by atoms with Gasteiger partial charge in [-0.15, -0.1) is 0 Å². The lowest BCUT2D eigenvalue weighted by Gasteiger charge is -2.10. The standard InChI is InChI=1S/C17H18N6O2/c1-10-14(11(2)23-17(21-10)19-9-20-23)7-8-15(24)22-13-5-3-12(4-6-13)16(18)25/h3-6,9H,7-8H2,1-2H3,(H2,18,25)(H,22,24). The van der Waals surface area contributed by atoms with E-state index >= 15 is 0 Å². The Bertz CT molecular complexity index is 946. The van der Waals surface area contributed by atoms with E-state index in [-0.39, 0.29) is 5.91 Å². The Morgan fingerprint density at radius 3 is 2.60 bits per heavy atom. The zero-order valence-electron chi connectivity index (χ0n) is 14.0. The topological polar surface area (TPSA) is 115 Å². The Kier molecular flexibility index (Phi) is 4.42. The molecule has 3 N–H and O–H groups in total. The Labute approximate surface area is 144 Å². The predicted octanol–water partition coefficient (Wildman–Crippen LogP) is 1.41. The van der Waals surface area contributed by atoms with Crippen LogP contribution in [0.2, 0.25) is 0 Å². The van der Waals surface area contributed by atoms with Crippen molar-refractivity contribution in [2.24, 2.45) is 5.73 Å². The number of nitrogens with two attached hydrogens (primary N) is 1. The lowest BCUT2D eigenvalue weighted by atomic mass is 10.1. The fourth-order valence-electron chi connectivity index (χ4n) is 2.70. The van der Waals surface area contributed by atoms with Crippen molar-refractivity contribution in [3.05, 3.63) is 53.1 Å². The van der Waals surface area contributed by atoms with Gasteiger partial charge in [0.15, 0.2) is 0 Å². The van der Waals surface area contributed by atoms with Gasteiger partial charge in [0.25, 0.3) is 5.78 Å². The van der Waals surface area contributed by atoms with E-state index in [1.54, 1.807) is 28.8 Å². The van der Waals surface area contributed by atoms with Gasteiger partial charge in [0.2, 0.25) is 11.8 Å². The van der Waals surface area contributed by atoms with Crippen molar-refractivity contribution in [2.75, 3.05) is 5.32 Å². The van der Waals surface area contributed by atoms with Gasteiger partial charge in [-0.1, -0.05) is 0 Å². The molecule has 128 valence electrons. The Morgan fingerprint density at radius 1 is 1.20 bits per heavy atom. The molecule has 2 heterocycles. The maximum Gasteiger partial charge on any atom is 0.252 e. The SMILES string of the molecule is Cc1nc2ncnn2c(C)c1CCC(=O)Nc1ccc(C(N)=O)cc1. The first-order valence-corrected chi connectivity index (χ1v) is 7.81. The van der Waals surface area contributed by atoms with E-state index in [0.29, 0.717) is 29.9 Å². The van der Waals surface area contributed by atoms with Crippen molar-refractivity contribution in [3.8, 4) is 0 Å². The smallest absolute Gasteiger partial charge is 0.252 e. The molecule has 0 aliphatic rings. The van der Waals surface area contributed by atoms with Crippen molar-refractivity contribution in [2.45, 2.75) is 26.7 Å². The highest BCUT2D eigenvalue weighted by molar-refractivity contribution is 5.94. The molecule has 0 aliphatic carbocycles. The predicted molar refractivity (Wildman–Crippen MR) is 92.2 cm³/mol. The maximum absolute atomic E-state index is 12.2. The van der Waals surface area contributed by atoms with Crippen LogP contribution in [0.1, 0.15) is 33.7 Å². The summed E-state index contributed by atoms with van der Waals surface area (Å²) in [4.78, 5) is 31.7. The summed E-state index contributed by atoms with van der Waals surface area (Å²) in [6.45, 7) is 3.84. The largest absolute Gasteiger partial charge is 0.366 e. The molecule has 3 aromatic rings. The molecular weight excluding hydrogens is 320 g/mol. The fraction of sp³-hybridized carbons (Fsp3) is 0.235. The molecule has 0 saturated carbocycles. The first kappa shape index (κ1) is 16.6. The summed E-state index contributed by atoms with van der Waals surface area (Å²) in [5, 5.41) is 6.95. The van der Waals surface area contributed by atoms with E-state index in [0.717, 1.165) is 17.0 Å². The molecule has 0 aliphatic heterocycles. The molecule has 0 atom stereocenters. The van der Waals surface area contributed by atoms with Crippen LogP contribution < -0.4 is 11.1 Å². The molecule has 2 amide bonds. The van der Waals surface area contributed by atoms with Gasteiger partial charge in [-0.3, -0.25) is 9.59 Å². The molecule has 25 heavy (non-hydrogen) atoms. The van der Waals surface area contributed by atoms with E-state index in [4.69, 9.17) is 5.73 Å². The molecule has 1 aromatic carbocycles. The number of benzene rings is 1. The average molecular weight is 338 g/mol. The molecule has 0 fully saturated rings. The third-order valence-electron chi connectivity index (χ3n) is 4.04. The van der Waals surface area contributed by atoms with Crippen LogP contribution in [0.4, 0.5) is 5.69 Å². The second kappa shape index (κ2) is 6.68. The number of hydrogen-bond acceptors (Lipinski definition) is 5. The van der Waals surface area contributed by atoms with Gasteiger partial charge in [-0.25, -0.2) is 9.50 Å². The van der Waals surface area contributed by atoms with E-state index in [9.17, 15) is 9.59 Å². The molecule has 0 spiro atoms. The third kappa shape index (κ3) is 3.47. The first-order chi connectivity index (χ1) is 12.0. The molecule has 2 aromatic heterocycles. The highest BCUT2D eigenvalue weighted by Gasteiger charge is 2.12. The minimum Gasteiger partial charge on any atom is -0.366 e. The normalized spacial score (nSPS) is 10.8. The molecule has 0 radical (unpaired) electrons. The summed E-state index contributed by atoms with van der Waals surface area (Å²) in [7, 11) is 0. The molecular formula is C17H18N6O2. The number of aryl methyl sites for hydroxylation is 2. The zero-order valence-corrected chi connectivity index (χ0v) is 14.0. The van der Waals surface area contributed by atoms with Crippen molar-refractivity contribution in [3.63, 3.8) is 0 Å². The van der Waals surface area contributed by atoms with Gasteiger partial charge in [0.05, 0.1) is 0 Å². The first-order valence-electron chi connectivity index (χ1n) is 7.81. The van der Waals surface area contributed by atoms with Gasteiger partial charge in [0, 0.05) is 29.1 Å². The lowest BCUT2D eigenvalue weighted by molar-refractivity contribution is -0.116. The Morgan fingerprint density at radius 2 is 1.92 bits per heavy atom. The third-order valence-corrected chi connectivity index (χ3v) is 4.04. The molecule has 8 nitrogen and oxygen atoms in total. The lowest BCUT2D eigenvalue weighted by Crippen LogP contribution is -2.15. The van der Waals surface area contributed by atoms with Crippen LogP contribution in [0.3, 0.4) is 0 Å². The number of amides is 2. The quantitative estimate of drug-likeness (QED) is 0.730. The van der Waals surface area contributed by atoms with Gasteiger partial charge < -0.3 is 11.1 Å². The molecule has 3 rings (SSSR count). The zero-order chi connectivity index (χ0) is 18.0. The number of carbonyl (C=O) groups excluding carboxylic acids is 2. The van der Waals surface area contributed by atoms with Crippen molar-refractivity contribution >= 4 is 23.3 Å². The molecule has 0 unspecified atom stereocenters. The summed E-state index contributed by atoms with van der Waals surface area (Å²) in [5.74, 6) is -0.0677. The van der Waals surface area contributed by atoms with Gasteiger partial charge in [-0.05, 0) is 50.1 Å². The number of nitrogens with zero attached hydrogens (tertiary/aromatic N) is 4. The second-order valence-corrected chi connectivity index (χ2v) is 5.72. The summed E-state index contributed by atoms with van der Waals surface area (Å²) in [5.41, 5.74) is 8.97. The van der Waals surface area contributed by atoms with Crippen LogP contribution in [0.5, 0.6) is 0 Å². The summed E-state index contributed by atoms with van der Waals surface area (Å²) in [6.07, 6.45) is 2.31. The molecule has 0 bridgehead atoms. The number of anilines is 1. The maximum atomic E-state index is 12.2. The van der Waals surface area contributed by atoms with E-state index in [1.165, 1.54) is 6.33 Å². The van der Waals surface area contributed by atoms with Crippen molar-refractivity contribution < 1.29 is 9.59 Å². The molecule has 8 heteroatoms.